The molecular weight excluding hydrogens is 444 g/mol. The second kappa shape index (κ2) is 8.07. The van der Waals surface area contributed by atoms with Crippen molar-refractivity contribution in [3.63, 3.8) is 0 Å². The van der Waals surface area contributed by atoms with Crippen LogP contribution in [0.4, 0.5) is 0 Å². The summed E-state index contributed by atoms with van der Waals surface area (Å²) in [6.07, 6.45) is 0. The SMILES string of the molecule is Cc1ccc(-n2c(=O)c3ccccc3n3c(SCc4nc(C)c5ccccc5n4)nnc23)cc1. The summed E-state index contributed by atoms with van der Waals surface area (Å²) in [6.45, 7) is 4.02. The van der Waals surface area contributed by atoms with Crippen LogP contribution < -0.4 is 5.56 Å². The van der Waals surface area contributed by atoms with E-state index in [0.29, 0.717) is 22.1 Å². The van der Waals surface area contributed by atoms with Crippen LogP contribution >= 0.6 is 11.8 Å². The molecule has 0 aliphatic rings. The van der Waals surface area contributed by atoms with Crippen LogP contribution in [0.1, 0.15) is 17.1 Å². The third kappa shape index (κ3) is 3.34. The van der Waals surface area contributed by atoms with Gasteiger partial charge in [0.2, 0.25) is 5.78 Å². The number of hydrogen-bond donors (Lipinski definition) is 0. The molecule has 3 aromatic heterocycles. The third-order valence-electron chi connectivity index (χ3n) is 5.86. The van der Waals surface area contributed by atoms with Crippen molar-refractivity contribution in [2.75, 3.05) is 0 Å². The predicted molar refractivity (Wildman–Crippen MR) is 135 cm³/mol. The fourth-order valence-corrected chi connectivity index (χ4v) is 4.98. The lowest BCUT2D eigenvalue weighted by molar-refractivity contribution is 0.926. The minimum atomic E-state index is -0.121. The number of rotatable bonds is 4. The van der Waals surface area contributed by atoms with E-state index >= 15 is 0 Å². The van der Waals surface area contributed by atoms with Crippen LogP contribution in [0.5, 0.6) is 0 Å². The number of para-hydroxylation sites is 2. The zero-order valence-corrected chi connectivity index (χ0v) is 19.5. The van der Waals surface area contributed by atoms with E-state index in [2.05, 4.69) is 15.2 Å². The van der Waals surface area contributed by atoms with Crippen LogP contribution in [0.25, 0.3) is 33.3 Å². The molecule has 0 saturated heterocycles. The third-order valence-corrected chi connectivity index (χ3v) is 6.78. The number of benzene rings is 3. The van der Waals surface area contributed by atoms with Crippen molar-refractivity contribution < 1.29 is 0 Å². The molecule has 6 rings (SSSR count). The van der Waals surface area contributed by atoms with Gasteiger partial charge in [0.25, 0.3) is 5.56 Å². The van der Waals surface area contributed by atoms with Crippen LogP contribution in [-0.2, 0) is 5.75 Å². The standard InChI is InChI=1S/C26H20N6OS/c1-16-11-13-18(14-12-16)31-24(33)20-8-4-6-10-22(20)32-25(31)29-30-26(32)34-15-23-27-17(2)19-7-3-5-9-21(19)28-23/h3-14H,15H2,1-2H3. The molecule has 8 heteroatoms. The summed E-state index contributed by atoms with van der Waals surface area (Å²) in [4.78, 5) is 22.8. The number of thioether (sulfide) groups is 1. The Hall–Kier alpha value is -4.04. The van der Waals surface area contributed by atoms with Gasteiger partial charge >= 0.3 is 0 Å². The van der Waals surface area contributed by atoms with E-state index in [4.69, 9.17) is 4.98 Å². The van der Waals surface area contributed by atoms with Gasteiger partial charge in [-0.05, 0) is 44.2 Å². The van der Waals surface area contributed by atoms with Crippen molar-refractivity contribution in [3.8, 4) is 5.69 Å². The number of fused-ring (bicyclic) bond motifs is 4. The molecule has 0 bridgehead atoms. The van der Waals surface area contributed by atoms with Crippen LogP contribution in [0.3, 0.4) is 0 Å². The van der Waals surface area contributed by atoms with Gasteiger partial charge in [0.15, 0.2) is 5.16 Å². The predicted octanol–water partition coefficient (Wildman–Crippen LogP) is 4.89. The first-order chi connectivity index (χ1) is 16.6. The molecule has 3 heterocycles. The Morgan fingerprint density at radius 1 is 0.824 bits per heavy atom. The highest BCUT2D eigenvalue weighted by Gasteiger charge is 2.18. The van der Waals surface area contributed by atoms with Crippen molar-refractivity contribution in [2.24, 2.45) is 0 Å². The Bertz CT molecular complexity index is 1750. The highest BCUT2D eigenvalue weighted by Crippen LogP contribution is 2.26. The average Bonchev–Trinajstić information content (AvgIpc) is 3.28. The van der Waals surface area contributed by atoms with Gasteiger partial charge < -0.3 is 0 Å². The molecule has 34 heavy (non-hydrogen) atoms. The van der Waals surface area contributed by atoms with Gasteiger partial charge in [-0.2, -0.15) is 0 Å². The van der Waals surface area contributed by atoms with Crippen molar-refractivity contribution in [1.29, 1.82) is 0 Å². The Balaban J connectivity index is 1.49. The summed E-state index contributed by atoms with van der Waals surface area (Å²) < 4.78 is 3.56. The van der Waals surface area contributed by atoms with Gasteiger partial charge in [0.05, 0.1) is 27.9 Å². The Morgan fingerprint density at radius 3 is 2.38 bits per heavy atom. The van der Waals surface area contributed by atoms with Crippen LogP contribution in [0.15, 0.2) is 82.7 Å². The lowest BCUT2D eigenvalue weighted by atomic mass is 10.2. The molecule has 0 amide bonds. The zero-order valence-electron chi connectivity index (χ0n) is 18.6. The van der Waals surface area contributed by atoms with Gasteiger partial charge in [-0.3, -0.25) is 9.20 Å². The molecule has 166 valence electrons. The Labute approximate surface area is 199 Å². The van der Waals surface area contributed by atoms with Crippen LogP contribution in [0.2, 0.25) is 0 Å². The van der Waals surface area contributed by atoms with E-state index in [1.54, 1.807) is 4.57 Å². The largest absolute Gasteiger partial charge is 0.268 e. The average molecular weight is 465 g/mol. The Morgan fingerprint density at radius 2 is 1.56 bits per heavy atom. The van der Waals surface area contributed by atoms with Crippen LogP contribution in [0, 0.1) is 13.8 Å². The maximum Gasteiger partial charge on any atom is 0.267 e. The minimum absolute atomic E-state index is 0.121. The minimum Gasteiger partial charge on any atom is -0.268 e. The monoisotopic (exact) mass is 464 g/mol. The molecule has 3 aromatic carbocycles. The first kappa shape index (κ1) is 20.6. The highest BCUT2D eigenvalue weighted by molar-refractivity contribution is 7.98. The number of aryl methyl sites for hydroxylation is 2. The first-order valence-electron chi connectivity index (χ1n) is 10.9. The maximum absolute atomic E-state index is 13.4. The normalized spacial score (nSPS) is 11.6. The summed E-state index contributed by atoms with van der Waals surface area (Å²) >= 11 is 1.50. The highest BCUT2D eigenvalue weighted by atomic mass is 32.2. The smallest absolute Gasteiger partial charge is 0.267 e. The molecule has 7 nitrogen and oxygen atoms in total. The second-order valence-electron chi connectivity index (χ2n) is 8.14. The fraction of sp³-hybridized carbons (Fsp3) is 0.115. The molecule has 0 atom stereocenters. The molecule has 6 aromatic rings. The van der Waals surface area contributed by atoms with E-state index in [1.165, 1.54) is 11.8 Å². The summed E-state index contributed by atoms with van der Waals surface area (Å²) in [7, 11) is 0. The number of aromatic nitrogens is 6. The molecule has 0 unspecified atom stereocenters. The molecular formula is C26H20N6OS. The molecule has 0 aliphatic carbocycles. The van der Waals surface area contributed by atoms with Crippen molar-refractivity contribution in [3.05, 3.63) is 100 Å². The summed E-state index contributed by atoms with van der Waals surface area (Å²) in [5, 5.41) is 11.2. The maximum atomic E-state index is 13.4. The molecule has 0 saturated carbocycles. The number of nitrogens with zero attached hydrogens (tertiary/aromatic N) is 6. The molecule has 0 fully saturated rings. The van der Waals surface area contributed by atoms with Crippen molar-refractivity contribution >= 4 is 39.3 Å². The quantitative estimate of drug-likeness (QED) is 0.346. The van der Waals surface area contributed by atoms with Gasteiger partial charge in [-0.1, -0.05) is 59.8 Å². The molecule has 0 radical (unpaired) electrons. The van der Waals surface area contributed by atoms with E-state index in [1.807, 2.05) is 91.0 Å². The van der Waals surface area contributed by atoms with Gasteiger partial charge in [0.1, 0.15) is 5.82 Å². The lowest BCUT2D eigenvalue weighted by Crippen LogP contribution is -2.21. The Kier molecular flexibility index (Phi) is 4.88. The molecule has 0 spiro atoms. The molecule has 0 N–H and O–H groups in total. The van der Waals surface area contributed by atoms with Gasteiger partial charge in [-0.25, -0.2) is 14.5 Å². The fourth-order valence-electron chi connectivity index (χ4n) is 4.19. The first-order valence-corrected chi connectivity index (χ1v) is 11.9. The van der Waals surface area contributed by atoms with Crippen molar-refractivity contribution in [1.82, 2.24) is 29.1 Å². The summed E-state index contributed by atoms with van der Waals surface area (Å²) in [6, 6.07) is 23.4. The van der Waals surface area contributed by atoms with E-state index in [-0.39, 0.29) is 5.56 Å². The number of hydrogen-bond acceptors (Lipinski definition) is 6. The van der Waals surface area contributed by atoms with Gasteiger partial charge in [0, 0.05) is 11.1 Å². The van der Waals surface area contributed by atoms with Crippen molar-refractivity contribution in [2.45, 2.75) is 24.8 Å². The second-order valence-corrected chi connectivity index (χ2v) is 9.08. The zero-order chi connectivity index (χ0) is 23.2. The topological polar surface area (TPSA) is 78.0 Å². The van der Waals surface area contributed by atoms with E-state index < -0.39 is 0 Å². The lowest BCUT2D eigenvalue weighted by Gasteiger charge is -2.11. The van der Waals surface area contributed by atoms with Gasteiger partial charge in [-0.15, -0.1) is 10.2 Å². The van der Waals surface area contributed by atoms with E-state index in [9.17, 15) is 4.79 Å². The summed E-state index contributed by atoms with van der Waals surface area (Å²) in [5.41, 5.74) is 4.40. The van der Waals surface area contributed by atoms with Crippen LogP contribution in [-0.4, -0.2) is 29.1 Å². The van der Waals surface area contributed by atoms with E-state index in [0.717, 1.165) is 39.2 Å². The molecule has 0 aliphatic heterocycles. The summed E-state index contributed by atoms with van der Waals surface area (Å²) in [5.74, 6) is 1.74.